The van der Waals surface area contributed by atoms with Crippen molar-refractivity contribution in [2.45, 2.75) is 31.2 Å². The van der Waals surface area contributed by atoms with E-state index >= 15 is 0 Å². The summed E-state index contributed by atoms with van der Waals surface area (Å²) in [5, 5.41) is 2.78. The standard InChI is InChI=1S/C13H17BrClNO4S/c1-8-5-9(6-10(11(8)14)21(15,18)19)12(17)16-13(2,3)7-20-4/h5-6H,7H2,1-4H3,(H,16,17). The molecule has 0 fully saturated rings. The number of halogens is 2. The second-order valence-electron chi connectivity index (χ2n) is 5.31. The molecule has 0 unspecified atom stereocenters. The van der Waals surface area contributed by atoms with Gasteiger partial charge in [0.05, 0.1) is 17.0 Å². The van der Waals surface area contributed by atoms with Gasteiger partial charge in [-0.2, -0.15) is 0 Å². The highest BCUT2D eigenvalue weighted by atomic mass is 79.9. The van der Waals surface area contributed by atoms with E-state index in [2.05, 4.69) is 21.2 Å². The van der Waals surface area contributed by atoms with Gasteiger partial charge in [-0.3, -0.25) is 4.79 Å². The lowest BCUT2D eigenvalue weighted by Gasteiger charge is -2.25. The predicted octanol–water partition coefficient (Wildman–Crippen LogP) is 2.84. The summed E-state index contributed by atoms with van der Waals surface area (Å²) < 4.78 is 28.5. The molecule has 1 amide bonds. The Bertz CT molecular complexity index is 658. The second-order valence-corrected chi connectivity index (χ2v) is 8.64. The van der Waals surface area contributed by atoms with Gasteiger partial charge < -0.3 is 10.1 Å². The van der Waals surface area contributed by atoms with Crippen LogP contribution >= 0.6 is 26.6 Å². The van der Waals surface area contributed by atoms with Crippen LogP contribution in [0.4, 0.5) is 0 Å². The molecule has 1 aromatic rings. The minimum Gasteiger partial charge on any atom is -0.382 e. The molecule has 1 rings (SSSR count). The molecule has 0 atom stereocenters. The molecule has 0 saturated heterocycles. The van der Waals surface area contributed by atoms with Gasteiger partial charge in [0.1, 0.15) is 0 Å². The fraction of sp³-hybridized carbons (Fsp3) is 0.462. The molecule has 0 aromatic heterocycles. The van der Waals surface area contributed by atoms with Crippen LogP contribution in [0, 0.1) is 6.92 Å². The molecule has 0 heterocycles. The first-order valence-corrected chi connectivity index (χ1v) is 9.14. The number of nitrogens with one attached hydrogen (secondary N) is 1. The zero-order valence-corrected chi connectivity index (χ0v) is 15.3. The molecule has 1 aromatic carbocycles. The zero-order chi connectivity index (χ0) is 16.4. The number of methoxy groups -OCH3 is 1. The average Bonchev–Trinajstić information content (AvgIpc) is 2.29. The number of ether oxygens (including phenoxy) is 1. The Morgan fingerprint density at radius 2 is 2.00 bits per heavy atom. The van der Waals surface area contributed by atoms with Crippen molar-refractivity contribution < 1.29 is 17.9 Å². The first-order chi connectivity index (χ1) is 9.48. The van der Waals surface area contributed by atoms with E-state index in [0.29, 0.717) is 16.6 Å². The van der Waals surface area contributed by atoms with Crippen molar-refractivity contribution in [2.24, 2.45) is 0 Å². The van der Waals surface area contributed by atoms with E-state index in [-0.39, 0.29) is 10.5 Å². The fourth-order valence-electron chi connectivity index (χ4n) is 1.82. The number of amides is 1. The quantitative estimate of drug-likeness (QED) is 0.774. The third kappa shape index (κ3) is 4.95. The van der Waals surface area contributed by atoms with E-state index in [1.54, 1.807) is 26.8 Å². The van der Waals surface area contributed by atoms with Crippen molar-refractivity contribution in [1.29, 1.82) is 0 Å². The normalized spacial score (nSPS) is 12.3. The fourth-order valence-corrected chi connectivity index (χ4v) is 3.98. The first kappa shape index (κ1) is 18.4. The number of aryl methyl sites for hydroxylation is 1. The van der Waals surface area contributed by atoms with Crippen LogP contribution in [-0.4, -0.2) is 33.6 Å². The van der Waals surface area contributed by atoms with Gasteiger partial charge in [0.15, 0.2) is 0 Å². The molecule has 21 heavy (non-hydrogen) atoms. The molecule has 8 heteroatoms. The summed E-state index contributed by atoms with van der Waals surface area (Å²) in [5.74, 6) is -0.394. The monoisotopic (exact) mass is 397 g/mol. The van der Waals surface area contributed by atoms with Crippen LogP contribution in [-0.2, 0) is 13.8 Å². The van der Waals surface area contributed by atoms with Crippen molar-refractivity contribution >= 4 is 41.6 Å². The lowest BCUT2D eigenvalue weighted by Crippen LogP contribution is -2.46. The summed E-state index contributed by atoms with van der Waals surface area (Å²) >= 11 is 3.17. The molecule has 0 aliphatic carbocycles. The van der Waals surface area contributed by atoms with Gasteiger partial charge in [-0.1, -0.05) is 0 Å². The van der Waals surface area contributed by atoms with Crippen LogP contribution in [0.3, 0.4) is 0 Å². The van der Waals surface area contributed by atoms with Gasteiger partial charge in [0.2, 0.25) is 0 Å². The Kier molecular flexibility index (Phi) is 5.83. The molecule has 0 aliphatic heterocycles. The van der Waals surface area contributed by atoms with Crippen LogP contribution in [0.25, 0.3) is 0 Å². The molecular formula is C13H17BrClNO4S. The summed E-state index contributed by atoms with van der Waals surface area (Å²) in [6.07, 6.45) is 0. The topological polar surface area (TPSA) is 72.5 Å². The largest absolute Gasteiger partial charge is 0.382 e. The smallest absolute Gasteiger partial charge is 0.262 e. The number of rotatable bonds is 5. The highest BCUT2D eigenvalue weighted by Gasteiger charge is 2.24. The lowest BCUT2D eigenvalue weighted by atomic mass is 10.1. The average molecular weight is 399 g/mol. The van der Waals surface area contributed by atoms with Crippen molar-refractivity contribution in [1.82, 2.24) is 5.32 Å². The minimum absolute atomic E-state index is 0.126. The van der Waals surface area contributed by atoms with Crippen LogP contribution in [0.5, 0.6) is 0 Å². The number of carbonyl (C=O) groups is 1. The van der Waals surface area contributed by atoms with Gasteiger partial charge in [-0.25, -0.2) is 8.42 Å². The number of benzene rings is 1. The van der Waals surface area contributed by atoms with Gasteiger partial charge in [0.25, 0.3) is 15.0 Å². The molecule has 0 saturated carbocycles. The summed E-state index contributed by atoms with van der Waals surface area (Å²) in [6, 6.07) is 2.84. The van der Waals surface area contributed by atoms with Gasteiger partial charge in [0, 0.05) is 27.8 Å². The van der Waals surface area contributed by atoms with E-state index in [1.165, 1.54) is 13.2 Å². The Labute approximate surface area is 137 Å². The highest BCUT2D eigenvalue weighted by Crippen LogP contribution is 2.29. The molecule has 0 spiro atoms. The first-order valence-electron chi connectivity index (χ1n) is 6.04. The van der Waals surface area contributed by atoms with E-state index in [4.69, 9.17) is 15.4 Å². The molecule has 0 radical (unpaired) electrons. The maximum Gasteiger partial charge on any atom is 0.262 e. The predicted molar refractivity (Wildman–Crippen MR) is 85.3 cm³/mol. The second kappa shape index (κ2) is 6.64. The molecule has 118 valence electrons. The maximum absolute atomic E-state index is 12.3. The number of hydrogen-bond acceptors (Lipinski definition) is 4. The van der Waals surface area contributed by atoms with E-state index in [0.717, 1.165) is 0 Å². The van der Waals surface area contributed by atoms with Crippen molar-refractivity contribution in [3.63, 3.8) is 0 Å². The van der Waals surface area contributed by atoms with E-state index < -0.39 is 20.5 Å². The summed E-state index contributed by atoms with van der Waals surface area (Å²) in [7, 11) is 2.98. The van der Waals surface area contributed by atoms with Crippen LogP contribution in [0.1, 0.15) is 29.8 Å². The third-order valence-electron chi connectivity index (χ3n) is 2.70. The van der Waals surface area contributed by atoms with Gasteiger partial charge >= 0.3 is 0 Å². The zero-order valence-electron chi connectivity index (χ0n) is 12.2. The Balaban J connectivity index is 3.21. The summed E-state index contributed by atoms with van der Waals surface area (Å²) in [5.41, 5.74) is 0.248. The lowest BCUT2D eigenvalue weighted by molar-refractivity contribution is 0.0819. The Morgan fingerprint density at radius 1 is 1.43 bits per heavy atom. The molecular weight excluding hydrogens is 382 g/mol. The summed E-state index contributed by atoms with van der Waals surface area (Å²) in [6.45, 7) is 5.63. The minimum atomic E-state index is -3.95. The molecule has 5 nitrogen and oxygen atoms in total. The van der Waals surface area contributed by atoms with Crippen molar-refractivity contribution in [3.8, 4) is 0 Å². The maximum atomic E-state index is 12.3. The van der Waals surface area contributed by atoms with Crippen LogP contribution in [0.15, 0.2) is 21.5 Å². The Hall–Kier alpha value is -0.630. The van der Waals surface area contributed by atoms with E-state index in [9.17, 15) is 13.2 Å². The van der Waals surface area contributed by atoms with E-state index in [1.807, 2.05) is 0 Å². The number of hydrogen-bond donors (Lipinski definition) is 1. The third-order valence-corrected chi connectivity index (χ3v) is 5.36. The summed E-state index contributed by atoms with van der Waals surface area (Å²) in [4.78, 5) is 12.1. The van der Waals surface area contributed by atoms with Crippen LogP contribution < -0.4 is 5.32 Å². The Morgan fingerprint density at radius 3 is 2.48 bits per heavy atom. The molecule has 1 N–H and O–H groups in total. The number of carbonyl (C=O) groups excluding carboxylic acids is 1. The SMILES string of the molecule is COCC(C)(C)NC(=O)c1cc(C)c(Br)c(S(=O)(=O)Cl)c1. The van der Waals surface area contributed by atoms with Crippen molar-refractivity contribution in [3.05, 3.63) is 27.7 Å². The molecule has 0 bridgehead atoms. The van der Waals surface area contributed by atoms with Gasteiger partial charge in [-0.15, -0.1) is 0 Å². The highest BCUT2D eigenvalue weighted by molar-refractivity contribution is 9.10. The van der Waals surface area contributed by atoms with Crippen LogP contribution in [0.2, 0.25) is 0 Å². The van der Waals surface area contributed by atoms with Gasteiger partial charge in [-0.05, 0) is 54.4 Å². The van der Waals surface area contributed by atoms with Crippen molar-refractivity contribution in [2.75, 3.05) is 13.7 Å². The molecule has 0 aliphatic rings.